The highest BCUT2D eigenvalue weighted by molar-refractivity contribution is 7.92. The van der Waals surface area contributed by atoms with E-state index in [2.05, 4.69) is 10.6 Å². The molecule has 43 heavy (non-hydrogen) atoms. The molecule has 0 spiro atoms. The molecule has 0 bridgehead atoms. The third kappa shape index (κ3) is 7.25. The Kier molecular flexibility index (Phi) is 9.45. The van der Waals surface area contributed by atoms with E-state index in [0.29, 0.717) is 46.2 Å². The molecule has 222 valence electrons. The van der Waals surface area contributed by atoms with Crippen molar-refractivity contribution in [3.05, 3.63) is 124 Å². The second kappa shape index (κ2) is 13.4. The molecule has 1 aliphatic heterocycles. The number of ether oxygens (including phenoxy) is 1. The molecule has 1 fully saturated rings. The largest absolute Gasteiger partial charge is 0.376 e. The molecule has 0 aliphatic carbocycles. The molecule has 0 saturated carbocycles. The number of carbonyl (C=O) groups excluding carboxylic acids is 2. The monoisotopic (exact) mass is 617 g/mol. The van der Waals surface area contributed by atoms with Crippen LogP contribution in [0.15, 0.2) is 102 Å². The van der Waals surface area contributed by atoms with Crippen molar-refractivity contribution >= 4 is 44.8 Å². The molecular formula is C33H32ClN3O5S. The first-order chi connectivity index (χ1) is 20.7. The Morgan fingerprint density at radius 3 is 2.37 bits per heavy atom. The summed E-state index contributed by atoms with van der Waals surface area (Å²) >= 11 is 6.26. The number of carbonyl (C=O) groups is 2. The molecule has 4 aromatic carbocycles. The smallest absolute Gasteiger partial charge is 0.264 e. The standard InChI is InChI=1S/C33H32ClN3O5S/c1-23-13-18-26(34)20-31(23)37(43(40,41)28-9-3-2-4-10-28)22-24-14-16-25(17-15-24)32(38)36-30-12-6-5-11-29(30)33(39)35-21-27-8-7-19-42-27/h2-6,9-18,20,27H,7-8,19,21-22H2,1H3,(H,35,39)(H,36,38)/t27-/m1/s1. The lowest BCUT2D eigenvalue weighted by atomic mass is 10.1. The van der Waals surface area contributed by atoms with Crippen molar-refractivity contribution in [2.24, 2.45) is 0 Å². The van der Waals surface area contributed by atoms with Crippen LogP contribution in [0.5, 0.6) is 0 Å². The fraction of sp³-hybridized carbons (Fsp3) is 0.212. The van der Waals surface area contributed by atoms with Gasteiger partial charge in [0.05, 0.1) is 34.5 Å². The number of amides is 2. The van der Waals surface area contributed by atoms with Crippen molar-refractivity contribution in [3.63, 3.8) is 0 Å². The van der Waals surface area contributed by atoms with Gasteiger partial charge in [-0.25, -0.2) is 8.42 Å². The average Bonchev–Trinajstić information content (AvgIpc) is 3.55. The van der Waals surface area contributed by atoms with Gasteiger partial charge >= 0.3 is 0 Å². The highest BCUT2D eigenvalue weighted by Crippen LogP contribution is 2.31. The minimum Gasteiger partial charge on any atom is -0.376 e. The molecule has 5 rings (SSSR count). The van der Waals surface area contributed by atoms with Gasteiger partial charge < -0.3 is 15.4 Å². The van der Waals surface area contributed by atoms with Gasteiger partial charge in [0.2, 0.25) is 0 Å². The molecule has 0 aromatic heterocycles. The normalized spacial score (nSPS) is 14.7. The van der Waals surface area contributed by atoms with Crippen molar-refractivity contribution in [3.8, 4) is 0 Å². The number of anilines is 2. The number of sulfonamides is 1. The summed E-state index contributed by atoms with van der Waals surface area (Å²) in [5.74, 6) is -0.692. The quantitative estimate of drug-likeness (QED) is 0.220. The molecule has 8 nitrogen and oxygen atoms in total. The van der Waals surface area contributed by atoms with Gasteiger partial charge in [-0.2, -0.15) is 0 Å². The molecule has 1 aliphatic rings. The van der Waals surface area contributed by atoms with Gasteiger partial charge in [0.15, 0.2) is 0 Å². The maximum atomic E-state index is 13.8. The van der Waals surface area contributed by atoms with Gasteiger partial charge in [-0.15, -0.1) is 0 Å². The Bertz CT molecular complexity index is 1710. The van der Waals surface area contributed by atoms with E-state index in [9.17, 15) is 18.0 Å². The number of para-hydroxylation sites is 1. The molecule has 10 heteroatoms. The molecule has 0 unspecified atom stereocenters. The summed E-state index contributed by atoms with van der Waals surface area (Å²) in [4.78, 5) is 26.2. The van der Waals surface area contributed by atoms with Crippen LogP contribution in [0.3, 0.4) is 0 Å². The van der Waals surface area contributed by atoms with E-state index in [0.717, 1.165) is 18.4 Å². The lowest BCUT2D eigenvalue weighted by Gasteiger charge is -2.26. The topological polar surface area (TPSA) is 105 Å². The van der Waals surface area contributed by atoms with Crippen molar-refractivity contribution in [2.75, 3.05) is 22.8 Å². The zero-order chi connectivity index (χ0) is 30.4. The van der Waals surface area contributed by atoms with Crippen molar-refractivity contribution < 1.29 is 22.7 Å². The molecule has 1 heterocycles. The summed E-state index contributed by atoms with van der Waals surface area (Å²) in [5.41, 5.74) is 2.98. The van der Waals surface area contributed by atoms with E-state index in [1.165, 1.54) is 4.31 Å². The first-order valence-electron chi connectivity index (χ1n) is 14.0. The molecule has 2 amide bonds. The number of hydrogen-bond acceptors (Lipinski definition) is 5. The van der Waals surface area contributed by atoms with Gasteiger partial charge in [-0.05, 0) is 79.4 Å². The first-order valence-corrected chi connectivity index (χ1v) is 15.8. The Labute approximate surface area is 256 Å². The first kappa shape index (κ1) is 30.3. The highest BCUT2D eigenvalue weighted by Gasteiger charge is 2.27. The van der Waals surface area contributed by atoms with Crippen molar-refractivity contribution in [1.29, 1.82) is 0 Å². The summed E-state index contributed by atoms with van der Waals surface area (Å²) in [6.45, 7) is 2.96. The Balaban J connectivity index is 1.33. The molecule has 1 saturated heterocycles. The van der Waals surface area contributed by atoms with Crippen LogP contribution in [0.4, 0.5) is 11.4 Å². The highest BCUT2D eigenvalue weighted by atomic mass is 35.5. The van der Waals surface area contributed by atoms with Crippen LogP contribution < -0.4 is 14.9 Å². The Morgan fingerprint density at radius 1 is 0.930 bits per heavy atom. The predicted octanol–water partition coefficient (Wildman–Crippen LogP) is 6.21. The molecule has 0 radical (unpaired) electrons. The number of benzene rings is 4. The third-order valence-electron chi connectivity index (χ3n) is 7.25. The van der Waals surface area contributed by atoms with E-state index >= 15 is 0 Å². The summed E-state index contributed by atoms with van der Waals surface area (Å²) in [6, 6.07) is 26.8. The maximum absolute atomic E-state index is 13.8. The summed E-state index contributed by atoms with van der Waals surface area (Å²) in [7, 11) is -3.93. The van der Waals surface area contributed by atoms with Crippen LogP contribution in [-0.2, 0) is 21.3 Å². The maximum Gasteiger partial charge on any atom is 0.264 e. The van der Waals surface area contributed by atoms with E-state index in [4.69, 9.17) is 16.3 Å². The minimum atomic E-state index is -3.93. The van der Waals surface area contributed by atoms with Crippen molar-refractivity contribution in [2.45, 2.75) is 37.3 Å². The van der Waals surface area contributed by atoms with E-state index in [1.807, 2.05) is 6.92 Å². The van der Waals surface area contributed by atoms with Crippen LogP contribution in [-0.4, -0.2) is 39.5 Å². The van der Waals surface area contributed by atoms with Gasteiger partial charge in [-0.1, -0.05) is 60.1 Å². The number of aryl methyl sites for hydroxylation is 1. The van der Waals surface area contributed by atoms with E-state index in [-0.39, 0.29) is 23.5 Å². The van der Waals surface area contributed by atoms with E-state index in [1.54, 1.807) is 97.1 Å². The fourth-order valence-corrected chi connectivity index (χ4v) is 6.59. The average molecular weight is 618 g/mol. The summed E-state index contributed by atoms with van der Waals surface area (Å²) in [6.07, 6.45) is 1.89. The molecular weight excluding hydrogens is 586 g/mol. The lowest BCUT2D eigenvalue weighted by molar-refractivity contribution is 0.0858. The predicted molar refractivity (Wildman–Crippen MR) is 168 cm³/mol. The fourth-order valence-electron chi connectivity index (χ4n) is 4.89. The number of nitrogens with zero attached hydrogens (tertiary/aromatic N) is 1. The van der Waals surface area contributed by atoms with Gasteiger partial charge in [0.25, 0.3) is 21.8 Å². The van der Waals surface area contributed by atoms with Crippen LogP contribution in [0.2, 0.25) is 5.02 Å². The number of nitrogens with one attached hydrogen (secondary N) is 2. The van der Waals surface area contributed by atoms with Crippen LogP contribution in [0.1, 0.15) is 44.7 Å². The minimum absolute atomic E-state index is 0.00520. The second-order valence-corrected chi connectivity index (χ2v) is 12.6. The van der Waals surface area contributed by atoms with Crippen LogP contribution in [0, 0.1) is 6.92 Å². The van der Waals surface area contributed by atoms with Crippen molar-refractivity contribution in [1.82, 2.24) is 5.32 Å². The van der Waals surface area contributed by atoms with Crippen LogP contribution >= 0.6 is 11.6 Å². The lowest BCUT2D eigenvalue weighted by Crippen LogP contribution is -2.32. The van der Waals surface area contributed by atoms with Gasteiger partial charge in [0.1, 0.15) is 0 Å². The molecule has 2 N–H and O–H groups in total. The zero-order valence-corrected chi connectivity index (χ0v) is 25.2. The van der Waals surface area contributed by atoms with E-state index < -0.39 is 15.9 Å². The van der Waals surface area contributed by atoms with Gasteiger partial charge in [-0.3, -0.25) is 13.9 Å². The van der Waals surface area contributed by atoms with Gasteiger partial charge in [0, 0.05) is 23.7 Å². The van der Waals surface area contributed by atoms with Crippen LogP contribution in [0.25, 0.3) is 0 Å². The number of hydrogen-bond donors (Lipinski definition) is 2. The zero-order valence-electron chi connectivity index (χ0n) is 23.6. The number of halogens is 1. The Morgan fingerprint density at radius 2 is 1.65 bits per heavy atom. The second-order valence-electron chi connectivity index (χ2n) is 10.3. The summed E-state index contributed by atoms with van der Waals surface area (Å²) < 4.78 is 34.4. The Hall–Kier alpha value is -4.18. The SMILES string of the molecule is Cc1ccc(Cl)cc1N(Cc1ccc(C(=O)Nc2ccccc2C(=O)NC[C@H]2CCCO2)cc1)S(=O)(=O)c1ccccc1. The summed E-state index contributed by atoms with van der Waals surface area (Å²) in [5, 5.41) is 6.13. The molecule has 4 aromatic rings. The third-order valence-corrected chi connectivity index (χ3v) is 9.26. The number of rotatable bonds is 10. The molecule has 1 atom stereocenters.